The Balaban J connectivity index is 1.92. The number of nitrogens with zero attached hydrogens (tertiary/aromatic N) is 2. The van der Waals surface area contributed by atoms with Gasteiger partial charge in [0.05, 0.1) is 11.7 Å². The lowest BCUT2D eigenvalue weighted by Gasteiger charge is -2.29. The first kappa shape index (κ1) is 14.6. The van der Waals surface area contributed by atoms with Gasteiger partial charge in [-0.05, 0) is 44.2 Å². The Labute approximate surface area is 117 Å². The molecular weight excluding hydrogens is 234 g/mol. The van der Waals surface area contributed by atoms with E-state index in [0.29, 0.717) is 12.1 Å². The summed E-state index contributed by atoms with van der Waals surface area (Å²) in [6.45, 7) is 7.97. The number of hydrogen-bond acceptors (Lipinski definition) is 2. The van der Waals surface area contributed by atoms with Crippen LogP contribution in [0.1, 0.15) is 64.6 Å². The standard InChI is InChI=1S/C16H29N3/c1-4-13-7-9-17-15(11-13)12-14-8-10-19(18-14)16(5-2)6-3/h8,10,13,15-17H,4-7,9,11-12H2,1-3H3. The molecule has 1 aromatic heterocycles. The van der Waals surface area contributed by atoms with Gasteiger partial charge < -0.3 is 5.32 Å². The summed E-state index contributed by atoms with van der Waals surface area (Å²) in [7, 11) is 0. The van der Waals surface area contributed by atoms with Gasteiger partial charge in [-0.1, -0.05) is 27.2 Å². The maximum Gasteiger partial charge on any atom is 0.0640 e. The molecule has 2 unspecified atom stereocenters. The lowest BCUT2D eigenvalue weighted by atomic mass is 9.88. The van der Waals surface area contributed by atoms with Crippen LogP contribution in [-0.4, -0.2) is 22.4 Å². The fraction of sp³-hybridized carbons (Fsp3) is 0.812. The Kier molecular flexibility index (Phi) is 5.44. The van der Waals surface area contributed by atoms with Gasteiger partial charge in [-0.2, -0.15) is 5.10 Å². The van der Waals surface area contributed by atoms with E-state index < -0.39 is 0 Å². The predicted molar refractivity (Wildman–Crippen MR) is 80.4 cm³/mol. The molecular formula is C16H29N3. The van der Waals surface area contributed by atoms with Crippen molar-refractivity contribution in [2.75, 3.05) is 6.54 Å². The smallest absolute Gasteiger partial charge is 0.0640 e. The van der Waals surface area contributed by atoms with Crippen LogP contribution in [0.2, 0.25) is 0 Å². The number of nitrogens with one attached hydrogen (secondary N) is 1. The van der Waals surface area contributed by atoms with E-state index >= 15 is 0 Å². The van der Waals surface area contributed by atoms with E-state index in [1.807, 2.05) is 0 Å². The minimum atomic E-state index is 0.566. The maximum atomic E-state index is 4.77. The first-order valence-electron chi connectivity index (χ1n) is 8.04. The number of aromatic nitrogens is 2. The molecule has 1 N–H and O–H groups in total. The van der Waals surface area contributed by atoms with E-state index in [0.717, 1.165) is 25.2 Å². The highest BCUT2D eigenvalue weighted by molar-refractivity contribution is 5.03. The third-order valence-electron chi connectivity index (χ3n) is 4.62. The van der Waals surface area contributed by atoms with Crippen LogP contribution in [0.3, 0.4) is 0 Å². The molecule has 1 saturated heterocycles. The van der Waals surface area contributed by atoms with Crippen LogP contribution in [0.25, 0.3) is 0 Å². The van der Waals surface area contributed by atoms with Gasteiger partial charge in [-0.15, -0.1) is 0 Å². The summed E-state index contributed by atoms with van der Waals surface area (Å²) in [5.74, 6) is 0.910. The van der Waals surface area contributed by atoms with Gasteiger partial charge in [0.15, 0.2) is 0 Å². The number of piperidine rings is 1. The van der Waals surface area contributed by atoms with Crippen LogP contribution in [0.5, 0.6) is 0 Å². The molecule has 0 bridgehead atoms. The average Bonchev–Trinajstić information content (AvgIpc) is 2.89. The van der Waals surface area contributed by atoms with Gasteiger partial charge in [-0.25, -0.2) is 0 Å². The van der Waals surface area contributed by atoms with Crippen molar-refractivity contribution in [3.8, 4) is 0 Å². The summed E-state index contributed by atoms with van der Waals surface area (Å²) in [4.78, 5) is 0. The molecule has 2 rings (SSSR count). The molecule has 3 heteroatoms. The molecule has 1 aliphatic rings. The second-order valence-electron chi connectivity index (χ2n) is 5.91. The molecule has 1 fully saturated rings. The number of hydrogen-bond donors (Lipinski definition) is 1. The van der Waals surface area contributed by atoms with Crippen molar-refractivity contribution in [2.24, 2.45) is 5.92 Å². The van der Waals surface area contributed by atoms with E-state index in [1.165, 1.54) is 31.5 Å². The zero-order chi connectivity index (χ0) is 13.7. The van der Waals surface area contributed by atoms with Crippen LogP contribution in [0.15, 0.2) is 12.3 Å². The Bertz CT molecular complexity index is 368. The molecule has 0 saturated carbocycles. The second-order valence-corrected chi connectivity index (χ2v) is 5.91. The summed E-state index contributed by atoms with van der Waals surface area (Å²) < 4.78 is 2.16. The first-order chi connectivity index (χ1) is 9.26. The van der Waals surface area contributed by atoms with Gasteiger partial charge in [0, 0.05) is 18.7 Å². The van der Waals surface area contributed by atoms with Crippen LogP contribution in [0, 0.1) is 5.92 Å². The van der Waals surface area contributed by atoms with E-state index in [4.69, 9.17) is 5.10 Å². The van der Waals surface area contributed by atoms with Gasteiger partial charge in [0.25, 0.3) is 0 Å². The van der Waals surface area contributed by atoms with E-state index in [9.17, 15) is 0 Å². The minimum absolute atomic E-state index is 0.566. The van der Waals surface area contributed by atoms with E-state index in [2.05, 4.69) is 43.0 Å². The maximum absolute atomic E-state index is 4.77. The van der Waals surface area contributed by atoms with Crippen molar-refractivity contribution < 1.29 is 0 Å². The number of rotatable bonds is 6. The average molecular weight is 263 g/mol. The van der Waals surface area contributed by atoms with Crippen LogP contribution < -0.4 is 5.32 Å². The van der Waals surface area contributed by atoms with Gasteiger partial charge in [0.2, 0.25) is 0 Å². The molecule has 1 aliphatic heterocycles. The molecule has 2 heterocycles. The Morgan fingerprint density at radius 2 is 2.16 bits per heavy atom. The van der Waals surface area contributed by atoms with Crippen molar-refractivity contribution in [3.05, 3.63) is 18.0 Å². The van der Waals surface area contributed by atoms with Crippen molar-refractivity contribution >= 4 is 0 Å². The van der Waals surface area contributed by atoms with Crippen LogP contribution in [-0.2, 0) is 6.42 Å². The Morgan fingerprint density at radius 3 is 2.84 bits per heavy atom. The third-order valence-corrected chi connectivity index (χ3v) is 4.62. The lowest BCUT2D eigenvalue weighted by molar-refractivity contribution is 0.292. The zero-order valence-electron chi connectivity index (χ0n) is 12.7. The molecule has 0 amide bonds. The highest BCUT2D eigenvalue weighted by atomic mass is 15.3. The minimum Gasteiger partial charge on any atom is -0.314 e. The Hall–Kier alpha value is -0.830. The van der Waals surface area contributed by atoms with Crippen molar-refractivity contribution in [1.82, 2.24) is 15.1 Å². The molecule has 3 nitrogen and oxygen atoms in total. The molecule has 2 atom stereocenters. The topological polar surface area (TPSA) is 29.9 Å². The quantitative estimate of drug-likeness (QED) is 0.850. The third kappa shape index (κ3) is 3.82. The molecule has 19 heavy (non-hydrogen) atoms. The largest absolute Gasteiger partial charge is 0.314 e. The Morgan fingerprint density at radius 1 is 1.37 bits per heavy atom. The van der Waals surface area contributed by atoms with Crippen LogP contribution in [0.4, 0.5) is 0 Å². The van der Waals surface area contributed by atoms with Gasteiger partial charge in [0.1, 0.15) is 0 Å². The van der Waals surface area contributed by atoms with E-state index in [-0.39, 0.29) is 0 Å². The molecule has 108 valence electrons. The van der Waals surface area contributed by atoms with Crippen LogP contribution >= 0.6 is 0 Å². The predicted octanol–water partition coefficient (Wildman–Crippen LogP) is 3.56. The van der Waals surface area contributed by atoms with E-state index in [1.54, 1.807) is 0 Å². The normalized spacial score (nSPS) is 24.0. The summed E-state index contributed by atoms with van der Waals surface area (Å²) >= 11 is 0. The second kappa shape index (κ2) is 7.09. The monoisotopic (exact) mass is 263 g/mol. The van der Waals surface area contributed by atoms with Crippen molar-refractivity contribution in [2.45, 2.75) is 71.4 Å². The lowest BCUT2D eigenvalue weighted by Crippen LogP contribution is -2.39. The highest BCUT2D eigenvalue weighted by Gasteiger charge is 2.21. The molecule has 1 aromatic rings. The van der Waals surface area contributed by atoms with Gasteiger partial charge >= 0.3 is 0 Å². The molecule has 0 radical (unpaired) electrons. The van der Waals surface area contributed by atoms with Gasteiger partial charge in [-0.3, -0.25) is 4.68 Å². The van der Waals surface area contributed by atoms with Crippen molar-refractivity contribution in [1.29, 1.82) is 0 Å². The summed E-state index contributed by atoms with van der Waals surface area (Å²) in [6, 6.07) is 3.40. The SMILES string of the molecule is CCC1CCNC(Cc2ccn(C(CC)CC)n2)C1. The molecule has 0 aliphatic carbocycles. The summed E-state index contributed by atoms with van der Waals surface area (Å²) in [5.41, 5.74) is 1.25. The summed E-state index contributed by atoms with van der Waals surface area (Å²) in [6.07, 6.45) is 9.55. The highest BCUT2D eigenvalue weighted by Crippen LogP contribution is 2.22. The zero-order valence-corrected chi connectivity index (χ0v) is 12.7. The van der Waals surface area contributed by atoms with Crippen molar-refractivity contribution in [3.63, 3.8) is 0 Å². The summed E-state index contributed by atoms with van der Waals surface area (Å²) in [5, 5.41) is 8.42. The fourth-order valence-electron chi connectivity index (χ4n) is 3.23. The molecule has 0 aromatic carbocycles. The first-order valence-corrected chi connectivity index (χ1v) is 8.04. The fourth-order valence-corrected chi connectivity index (χ4v) is 3.23. The molecule has 0 spiro atoms.